The van der Waals surface area contributed by atoms with Gasteiger partial charge in [-0.25, -0.2) is 0 Å². The minimum Gasteiger partial charge on any atom is -0.455 e. The molecular formula is C42H28O3. The summed E-state index contributed by atoms with van der Waals surface area (Å²) in [5, 5.41) is 0. The maximum atomic E-state index is 7.44. The van der Waals surface area contributed by atoms with Crippen LogP contribution in [0.15, 0.2) is 174 Å². The Bertz CT molecular complexity index is 1920. The molecule has 0 aliphatic carbocycles. The Kier molecular flexibility index (Phi) is 5.63. The summed E-state index contributed by atoms with van der Waals surface area (Å²) in [4.78, 5) is 0. The van der Waals surface area contributed by atoms with Gasteiger partial charge in [-0.1, -0.05) is 158 Å². The molecule has 0 fully saturated rings. The molecule has 3 heteroatoms. The highest BCUT2D eigenvalue weighted by atomic mass is 16.5. The van der Waals surface area contributed by atoms with Crippen molar-refractivity contribution in [2.24, 2.45) is 0 Å². The summed E-state index contributed by atoms with van der Waals surface area (Å²) in [5.41, 5.74) is 4.76. The number of ether oxygens (including phenoxy) is 2. The molecule has 0 unspecified atom stereocenters. The van der Waals surface area contributed by atoms with Crippen LogP contribution in [0.5, 0.6) is 23.0 Å². The highest BCUT2D eigenvalue weighted by Crippen LogP contribution is 2.65. The van der Waals surface area contributed by atoms with E-state index in [9.17, 15) is 0 Å². The second kappa shape index (κ2) is 9.87. The van der Waals surface area contributed by atoms with Crippen molar-refractivity contribution < 1.29 is 13.9 Å². The van der Waals surface area contributed by atoms with E-state index in [1.807, 2.05) is 24.3 Å². The second-order valence-corrected chi connectivity index (χ2v) is 11.6. The van der Waals surface area contributed by atoms with Crippen molar-refractivity contribution >= 4 is 0 Å². The molecule has 2 aliphatic heterocycles. The van der Waals surface area contributed by atoms with E-state index in [0.29, 0.717) is 23.0 Å². The quantitative estimate of drug-likeness (QED) is 0.208. The SMILES string of the molecule is c1ccc(C2(c3ccccc3)c3ccccc3Oc3c2oc2c3Oc3ccccc3C2(c2ccccc2)c2ccccc2)cc1. The molecular weight excluding hydrogens is 552 g/mol. The second-order valence-electron chi connectivity index (χ2n) is 11.6. The summed E-state index contributed by atoms with van der Waals surface area (Å²) in [7, 11) is 0. The van der Waals surface area contributed by atoms with Crippen LogP contribution in [0.1, 0.15) is 44.9 Å². The van der Waals surface area contributed by atoms with Crippen LogP contribution in [0.2, 0.25) is 0 Å². The Morgan fingerprint density at radius 1 is 0.311 bits per heavy atom. The van der Waals surface area contributed by atoms with Gasteiger partial charge >= 0.3 is 0 Å². The van der Waals surface area contributed by atoms with Crippen LogP contribution in [0.3, 0.4) is 0 Å². The number of benzene rings is 6. The van der Waals surface area contributed by atoms with E-state index in [1.165, 1.54) is 0 Å². The number of furan rings is 1. The minimum absolute atomic E-state index is 0.599. The zero-order valence-corrected chi connectivity index (χ0v) is 24.4. The first kappa shape index (κ1) is 25.7. The normalized spacial score (nSPS) is 14.9. The zero-order valence-electron chi connectivity index (χ0n) is 24.4. The summed E-state index contributed by atoms with van der Waals surface area (Å²) in [6, 6.07) is 58.9. The van der Waals surface area contributed by atoms with Gasteiger partial charge in [-0.05, 0) is 34.4 Å². The molecule has 0 saturated heterocycles. The Hall–Kier alpha value is -5.80. The third kappa shape index (κ3) is 3.46. The highest BCUT2D eigenvalue weighted by Gasteiger charge is 2.56. The predicted molar refractivity (Wildman–Crippen MR) is 175 cm³/mol. The van der Waals surface area contributed by atoms with Gasteiger partial charge in [-0.3, -0.25) is 0 Å². The van der Waals surface area contributed by atoms with Crippen molar-refractivity contribution in [2.75, 3.05) is 0 Å². The standard InChI is InChI=1S/C42H28O3/c1-5-17-29(18-6-1)41(30-19-7-2-8-20-30)33-25-13-15-27-35(33)43-37-38-40(45-39(37)41)42(31-21-9-3-10-22-31,32-23-11-4-12-24-32)34-26-14-16-28-36(34)44-38/h1-28H. The lowest BCUT2D eigenvalue weighted by Crippen LogP contribution is -2.34. The van der Waals surface area contributed by atoms with E-state index in [-0.39, 0.29) is 0 Å². The zero-order chi connectivity index (χ0) is 29.8. The van der Waals surface area contributed by atoms with E-state index in [1.54, 1.807) is 0 Å². The average Bonchev–Trinajstić information content (AvgIpc) is 3.49. The van der Waals surface area contributed by atoms with Crippen LogP contribution < -0.4 is 9.47 Å². The molecule has 3 heterocycles. The molecule has 45 heavy (non-hydrogen) atoms. The van der Waals surface area contributed by atoms with Gasteiger partial charge < -0.3 is 13.9 Å². The first-order chi connectivity index (χ1) is 22.3. The van der Waals surface area contributed by atoms with Crippen LogP contribution in [0.4, 0.5) is 0 Å². The first-order valence-corrected chi connectivity index (χ1v) is 15.3. The molecule has 9 rings (SSSR count). The van der Waals surface area contributed by atoms with Crippen molar-refractivity contribution in [3.63, 3.8) is 0 Å². The molecule has 7 aromatic rings. The number of fused-ring (bicyclic) bond motifs is 5. The van der Waals surface area contributed by atoms with Crippen LogP contribution in [0.25, 0.3) is 0 Å². The molecule has 1 aromatic heterocycles. The van der Waals surface area contributed by atoms with Crippen molar-refractivity contribution in [1.82, 2.24) is 0 Å². The molecule has 2 aliphatic rings. The summed E-state index contributed by atoms with van der Waals surface area (Å²) >= 11 is 0. The lowest BCUT2D eigenvalue weighted by molar-refractivity contribution is 0.350. The molecule has 214 valence electrons. The van der Waals surface area contributed by atoms with Crippen molar-refractivity contribution in [3.05, 3.63) is 215 Å². The monoisotopic (exact) mass is 580 g/mol. The first-order valence-electron chi connectivity index (χ1n) is 15.3. The van der Waals surface area contributed by atoms with Crippen LogP contribution >= 0.6 is 0 Å². The molecule has 6 aromatic carbocycles. The van der Waals surface area contributed by atoms with Crippen molar-refractivity contribution in [1.29, 1.82) is 0 Å². The highest BCUT2D eigenvalue weighted by molar-refractivity contribution is 5.75. The number of hydrogen-bond acceptors (Lipinski definition) is 3. The van der Waals surface area contributed by atoms with Gasteiger partial charge in [0.1, 0.15) is 22.3 Å². The molecule has 0 bridgehead atoms. The van der Waals surface area contributed by atoms with E-state index in [2.05, 4.69) is 146 Å². The van der Waals surface area contributed by atoms with Crippen LogP contribution in [0, 0.1) is 0 Å². The third-order valence-corrected chi connectivity index (χ3v) is 9.34. The summed E-state index contributed by atoms with van der Waals surface area (Å²) in [5.74, 6) is 4.15. The Labute approximate surface area is 262 Å². The summed E-state index contributed by atoms with van der Waals surface area (Å²) in [6.45, 7) is 0. The van der Waals surface area contributed by atoms with Gasteiger partial charge in [0.15, 0.2) is 11.5 Å². The van der Waals surface area contributed by atoms with Gasteiger partial charge in [0.2, 0.25) is 11.5 Å². The van der Waals surface area contributed by atoms with Crippen molar-refractivity contribution in [2.45, 2.75) is 10.8 Å². The van der Waals surface area contributed by atoms with Gasteiger partial charge in [0.05, 0.1) is 0 Å². The van der Waals surface area contributed by atoms with Gasteiger partial charge in [0, 0.05) is 11.1 Å². The predicted octanol–water partition coefficient (Wildman–Crippen LogP) is 10.3. The molecule has 0 saturated carbocycles. The molecule has 0 N–H and O–H groups in total. The summed E-state index contributed by atoms with van der Waals surface area (Å²) in [6.07, 6.45) is 0. The van der Waals surface area contributed by atoms with E-state index in [4.69, 9.17) is 13.9 Å². The summed E-state index contributed by atoms with van der Waals surface area (Å²) < 4.78 is 21.2. The smallest absolute Gasteiger partial charge is 0.213 e. The largest absolute Gasteiger partial charge is 0.455 e. The van der Waals surface area contributed by atoms with E-state index >= 15 is 0 Å². The average molecular weight is 581 g/mol. The fraction of sp³-hybridized carbons (Fsp3) is 0.0476. The van der Waals surface area contributed by atoms with Crippen LogP contribution in [-0.4, -0.2) is 0 Å². The fourth-order valence-electron chi connectivity index (χ4n) is 7.51. The van der Waals surface area contributed by atoms with Gasteiger partial charge in [-0.15, -0.1) is 0 Å². The van der Waals surface area contributed by atoms with E-state index in [0.717, 1.165) is 44.9 Å². The minimum atomic E-state index is -0.807. The Balaban J connectivity index is 1.47. The van der Waals surface area contributed by atoms with E-state index < -0.39 is 10.8 Å². The number of para-hydroxylation sites is 2. The molecule has 0 amide bonds. The molecule has 0 radical (unpaired) electrons. The topological polar surface area (TPSA) is 31.6 Å². The maximum Gasteiger partial charge on any atom is 0.213 e. The third-order valence-electron chi connectivity index (χ3n) is 9.34. The van der Waals surface area contributed by atoms with Gasteiger partial charge in [0.25, 0.3) is 0 Å². The number of hydrogen-bond donors (Lipinski definition) is 0. The van der Waals surface area contributed by atoms with Crippen LogP contribution in [-0.2, 0) is 10.8 Å². The van der Waals surface area contributed by atoms with Gasteiger partial charge in [-0.2, -0.15) is 0 Å². The molecule has 0 spiro atoms. The number of rotatable bonds is 4. The Morgan fingerprint density at radius 3 is 0.933 bits per heavy atom. The molecule has 3 nitrogen and oxygen atoms in total. The maximum absolute atomic E-state index is 7.44. The molecule has 0 atom stereocenters. The lowest BCUT2D eigenvalue weighted by Gasteiger charge is -2.38. The fourth-order valence-corrected chi connectivity index (χ4v) is 7.51. The Morgan fingerprint density at radius 2 is 0.600 bits per heavy atom. The lowest BCUT2D eigenvalue weighted by atomic mass is 9.66. The van der Waals surface area contributed by atoms with Crippen molar-refractivity contribution in [3.8, 4) is 23.0 Å².